The number of carboxylic acids is 1. The minimum Gasteiger partial charge on any atom is -0.479 e. The van der Waals surface area contributed by atoms with Crippen LogP contribution in [0.15, 0.2) is 83.9 Å². The molecule has 4 atom stereocenters. The van der Waals surface area contributed by atoms with Gasteiger partial charge in [0.05, 0.1) is 12.5 Å². The Morgan fingerprint density at radius 3 is 2.16 bits per heavy atom. The molecule has 0 radical (unpaired) electrons. The van der Waals surface area contributed by atoms with Crippen LogP contribution < -0.4 is 22.1 Å². The van der Waals surface area contributed by atoms with Crippen molar-refractivity contribution in [3.8, 4) is 0 Å². The Balaban J connectivity index is 1.78. The zero-order chi connectivity index (χ0) is 33.1. The van der Waals surface area contributed by atoms with Gasteiger partial charge in [-0.25, -0.2) is 19.0 Å². The number of amides is 2. The molecule has 0 spiro atoms. The van der Waals surface area contributed by atoms with Crippen LogP contribution in [0.25, 0.3) is 0 Å². The number of carbonyl (C=O) groups excluding carboxylic acids is 2. The second kappa shape index (κ2) is 15.8. The molecule has 3 aromatic rings. The van der Waals surface area contributed by atoms with Crippen LogP contribution in [0.5, 0.6) is 0 Å². The summed E-state index contributed by atoms with van der Waals surface area (Å²) in [4.78, 5) is 52.4. The molecule has 15 heteroatoms. The number of rotatable bonds is 14. The topological polar surface area (TPSA) is 216 Å². The molecule has 3 rings (SSSR count). The Morgan fingerprint density at radius 1 is 0.956 bits per heavy atom. The van der Waals surface area contributed by atoms with E-state index in [9.17, 15) is 28.9 Å². The molecule has 2 amide bonds. The van der Waals surface area contributed by atoms with Gasteiger partial charge in [0.1, 0.15) is 18.1 Å². The monoisotopic (exact) mass is 643 g/mol. The largest absolute Gasteiger partial charge is 0.479 e. The Morgan fingerprint density at radius 2 is 1.58 bits per heavy atom. The zero-order valence-corrected chi connectivity index (χ0v) is 25.4. The predicted molar refractivity (Wildman–Crippen MR) is 163 cm³/mol. The number of nitrogens with two attached hydrogens (primary N) is 2. The number of hydrogen-bond acceptors (Lipinski definition) is 7. The number of ether oxygens (including phenoxy) is 1. The highest BCUT2D eigenvalue weighted by Gasteiger charge is 2.42. The van der Waals surface area contributed by atoms with Crippen molar-refractivity contribution in [3.05, 3.63) is 101 Å². The summed E-state index contributed by atoms with van der Waals surface area (Å²) in [7, 11) is -5.01. The average Bonchev–Trinajstić information content (AvgIpc) is 2.99. The van der Waals surface area contributed by atoms with E-state index in [1.807, 2.05) is 6.07 Å². The third-order valence-electron chi connectivity index (χ3n) is 6.41. The highest BCUT2D eigenvalue weighted by atomic mass is 31.2. The minimum absolute atomic E-state index is 0.0129. The van der Waals surface area contributed by atoms with Crippen molar-refractivity contribution in [2.75, 3.05) is 0 Å². The summed E-state index contributed by atoms with van der Waals surface area (Å²) in [6.07, 6.45) is -3.44. The van der Waals surface area contributed by atoms with Gasteiger partial charge in [0.25, 0.3) is 0 Å². The van der Waals surface area contributed by atoms with E-state index in [1.165, 1.54) is 26.0 Å². The lowest BCUT2D eigenvalue weighted by Gasteiger charge is -2.29. The van der Waals surface area contributed by atoms with Crippen LogP contribution in [0, 0.1) is 11.7 Å². The van der Waals surface area contributed by atoms with Gasteiger partial charge in [0.2, 0.25) is 5.91 Å². The van der Waals surface area contributed by atoms with Crippen molar-refractivity contribution in [1.82, 2.24) is 10.6 Å². The SMILES string of the molecule is CC(C)C(NC(=O)CC(NC(=O)OCc1ccccc1)c1ccccc1)P(=O)(O)OC(C(=O)O)c1cccc(N=C(N)N)c1F. The number of guanidine groups is 1. The van der Waals surface area contributed by atoms with E-state index in [0.717, 1.165) is 11.6 Å². The lowest BCUT2D eigenvalue weighted by atomic mass is 10.0. The predicted octanol–water partition coefficient (Wildman–Crippen LogP) is 4.21. The highest BCUT2D eigenvalue weighted by Crippen LogP contribution is 2.53. The first-order valence-corrected chi connectivity index (χ1v) is 15.4. The van der Waals surface area contributed by atoms with Crippen molar-refractivity contribution >= 4 is 37.2 Å². The Hall–Kier alpha value is -4.78. The molecular weight excluding hydrogens is 608 g/mol. The summed E-state index contributed by atoms with van der Waals surface area (Å²) in [6.45, 7) is 2.99. The Kier molecular flexibility index (Phi) is 12.2. The number of benzene rings is 3. The molecule has 0 bridgehead atoms. The quantitative estimate of drug-likeness (QED) is 0.0835. The lowest BCUT2D eigenvalue weighted by molar-refractivity contribution is -0.146. The van der Waals surface area contributed by atoms with Crippen LogP contribution in [0.2, 0.25) is 0 Å². The van der Waals surface area contributed by atoms with Gasteiger partial charge < -0.3 is 36.8 Å². The first-order chi connectivity index (χ1) is 21.3. The van der Waals surface area contributed by atoms with Crippen molar-refractivity contribution in [1.29, 1.82) is 0 Å². The van der Waals surface area contributed by atoms with Crippen LogP contribution in [-0.2, 0) is 30.0 Å². The highest BCUT2D eigenvalue weighted by molar-refractivity contribution is 7.53. The van der Waals surface area contributed by atoms with Crippen LogP contribution in [0.3, 0.4) is 0 Å². The van der Waals surface area contributed by atoms with Gasteiger partial charge in [-0.3, -0.25) is 13.9 Å². The third kappa shape index (κ3) is 10.1. The Bertz CT molecular complexity index is 1550. The van der Waals surface area contributed by atoms with E-state index in [4.69, 9.17) is 20.7 Å². The van der Waals surface area contributed by atoms with Crippen LogP contribution in [0.1, 0.15) is 49.1 Å². The molecule has 0 fully saturated rings. The molecule has 0 heterocycles. The van der Waals surface area contributed by atoms with Crippen molar-refractivity contribution in [2.45, 2.75) is 44.8 Å². The molecule has 0 aromatic heterocycles. The van der Waals surface area contributed by atoms with Crippen LogP contribution >= 0.6 is 7.60 Å². The molecule has 0 aliphatic rings. The van der Waals surface area contributed by atoms with Crippen molar-refractivity contribution < 1.29 is 42.6 Å². The summed E-state index contributed by atoms with van der Waals surface area (Å²) in [5.41, 5.74) is 10.9. The molecule has 240 valence electrons. The minimum atomic E-state index is -5.01. The van der Waals surface area contributed by atoms with Gasteiger partial charge in [0.15, 0.2) is 17.9 Å². The van der Waals surface area contributed by atoms with E-state index >= 15 is 4.39 Å². The van der Waals surface area contributed by atoms with E-state index in [2.05, 4.69) is 15.6 Å². The van der Waals surface area contributed by atoms with Crippen molar-refractivity contribution in [3.63, 3.8) is 0 Å². The molecule has 0 saturated carbocycles. The van der Waals surface area contributed by atoms with Gasteiger partial charge >= 0.3 is 19.7 Å². The summed E-state index contributed by atoms with van der Waals surface area (Å²) in [5, 5.41) is 14.8. The molecule has 4 unspecified atom stereocenters. The first-order valence-electron chi connectivity index (χ1n) is 13.7. The van der Waals surface area contributed by atoms with E-state index in [1.54, 1.807) is 54.6 Å². The standard InChI is InChI=1S/C30H35FN5O8P/c1-18(2)27(45(41,42)44-26(28(38)39)21-14-9-15-22(25(21)31)34-29(32)33)36-24(37)16-23(20-12-7-4-8-13-20)35-30(40)43-17-19-10-5-3-6-11-19/h3-15,18,23,26-27H,16-17H2,1-2H3,(H,35,40)(H,36,37)(H,38,39)(H,41,42)(H4,32,33,34). The molecule has 0 aliphatic heterocycles. The average molecular weight is 644 g/mol. The summed E-state index contributed by atoms with van der Waals surface area (Å²) in [6, 6.07) is 20.0. The fraction of sp³-hybridized carbons (Fsp3) is 0.267. The molecular formula is C30H35FN5O8P. The smallest absolute Gasteiger partial charge is 0.407 e. The van der Waals surface area contributed by atoms with E-state index < -0.39 is 72.4 Å². The maximum atomic E-state index is 15.1. The fourth-order valence-electron chi connectivity index (χ4n) is 4.30. The summed E-state index contributed by atoms with van der Waals surface area (Å²) >= 11 is 0. The number of alkyl carbamates (subject to hydrolysis) is 1. The van der Waals surface area contributed by atoms with Gasteiger partial charge in [-0.2, -0.15) is 0 Å². The van der Waals surface area contributed by atoms with E-state index in [0.29, 0.717) is 5.56 Å². The van der Waals surface area contributed by atoms with Gasteiger partial charge in [-0.15, -0.1) is 0 Å². The fourth-order valence-corrected chi connectivity index (χ4v) is 5.99. The van der Waals surface area contributed by atoms with Gasteiger partial charge in [-0.1, -0.05) is 86.6 Å². The lowest BCUT2D eigenvalue weighted by Crippen LogP contribution is -2.41. The number of carbonyl (C=O) groups is 3. The van der Waals surface area contributed by atoms with Crippen LogP contribution in [0.4, 0.5) is 14.9 Å². The number of nitrogens with zero attached hydrogens (tertiary/aromatic N) is 1. The van der Waals surface area contributed by atoms with Gasteiger partial charge in [-0.05, 0) is 23.1 Å². The molecule has 13 nitrogen and oxygen atoms in total. The first kappa shape index (κ1) is 34.7. The number of halogens is 1. The molecule has 3 aromatic carbocycles. The van der Waals surface area contributed by atoms with Gasteiger partial charge in [0, 0.05) is 5.56 Å². The Labute approximate surface area is 259 Å². The summed E-state index contributed by atoms with van der Waals surface area (Å²) in [5.74, 6) is -6.59. The maximum absolute atomic E-state index is 15.1. The number of carboxylic acid groups (broad SMARTS) is 1. The normalized spacial score (nSPS) is 14.3. The number of aliphatic carboxylic acids is 1. The molecule has 45 heavy (non-hydrogen) atoms. The number of hydrogen-bond donors (Lipinski definition) is 6. The molecule has 0 saturated heterocycles. The number of nitrogens with one attached hydrogen (secondary N) is 2. The van der Waals surface area contributed by atoms with E-state index in [-0.39, 0.29) is 13.0 Å². The number of aliphatic imine (C=N–C) groups is 1. The third-order valence-corrected chi connectivity index (χ3v) is 8.35. The molecule has 8 N–H and O–H groups in total. The zero-order valence-electron chi connectivity index (χ0n) is 24.5. The second-order valence-corrected chi connectivity index (χ2v) is 12.1. The summed E-state index contributed by atoms with van der Waals surface area (Å²) < 4.78 is 39.0. The maximum Gasteiger partial charge on any atom is 0.407 e. The van der Waals surface area contributed by atoms with Crippen molar-refractivity contribution in [2.24, 2.45) is 22.4 Å². The molecule has 0 aliphatic carbocycles. The second-order valence-electron chi connectivity index (χ2n) is 10.2. The van der Waals surface area contributed by atoms with Crippen LogP contribution in [-0.4, -0.2) is 39.7 Å².